The molecule has 0 unspecified atom stereocenters. The summed E-state index contributed by atoms with van der Waals surface area (Å²) in [5.74, 6) is 2.50. The van der Waals surface area contributed by atoms with E-state index in [1.807, 2.05) is 30.3 Å². The van der Waals surface area contributed by atoms with Gasteiger partial charge in [-0.2, -0.15) is 0 Å². The van der Waals surface area contributed by atoms with Gasteiger partial charge in [0.2, 0.25) is 0 Å². The summed E-state index contributed by atoms with van der Waals surface area (Å²) in [6.07, 6.45) is 5.13. The van der Waals surface area contributed by atoms with Crippen LogP contribution in [-0.4, -0.2) is 17.5 Å². The zero-order chi connectivity index (χ0) is 18.4. The minimum Gasteiger partial charge on any atom is -0.481 e. The minimum atomic E-state index is -0.483. The van der Waals surface area contributed by atoms with E-state index in [-0.39, 0.29) is 12.2 Å². The quantitative estimate of drug-likeness (QED) is 0.698. The molecule has 1 aromatic heterocycles. The van der Waals surface area contributed by atoms with Crippen molar-refractivity contribution in [2.75, 3.05) is 11.9 Å². The van der Waals surface area contributed by atoms with Gasteiger partial charge >= 0.3 is 0 Å². The third-order valence-electron chi connectivity index (χ3n) is 3.67. The molecule has 2 N–H and O–H groups in total. The van der Waals surface area contributed by atoms with E-state index in [1.165, 1.54) is 6.07 Å². The van der Waals surface area contributed by atoms with Gasteiger partial charge in [0.15, 0.2) is 0 Å². The van der Waals surface area contributed by atoms with E-state index in [0.29, 0.717) is 17.1 Å². The Kier molecular flexibility index (Phi) is 5.16. The van der Waals surface area contributed by atoms with Gasteiger partial charge in [-0.1, -0.05) is 36.3 Å². The highest BCUT2D eigenvalue weighted by molar-refractivity contribution is 6.04. The molecule has 1 heterocycles. The summed E-state index contributed by atoms with van der Waals surface area (Å²) in [5.41, 5.74) is 1.67. The number of pyridine rings is 1. The molecule has 128 valence electrons. The highest BCUT2D eigenvalue weighted by atomic mass is 16.5. The number of anilines is 1. The maximum absolute atomic E-state index is 12.4. The number of H-pyrrole nitrogens is 1. The first kappa shape index (κ1) is 17.1. The maximum Gasteiger partial charge on any atom is 0.261 e. The van der Waals surface area contributed by atoms with E-state index in [9.17, 15) is 9.59 Å². The van der Waals surface area contributed by atoms with Crippen LogP contribution in [0.15, 0.2) is 71.5 Å². The van der Waals surface area contributed by atoms with Crippen molar-refractivity contribution in [3.05, 3.63) is 82.6 Å². The van der Waals surface area contributed by atoms with Crippen molar-refractivity contribution in [2.45, 2.75) is 0 Å². The molecule has 0 radical (unpaired) electrons. The lowest BCUT2D eigenvalue weighted by Gasteiger charge is -2.07. The number of carbonyl (C=O) groups is 1. The van der Waals surface area contributed by atoms with Gasteiger partial charge in [0, 0.05) is 11.4 Å². The number of hydrogen-bond acceptors (Lipinski definition) is 3. The standard InChI is InChI=1S/C21H16N2O3/c1-2-14-26-17-10-8-16(9-11-17)22-20(24)18-12-13-19(23-21(18)25)15-6-4-3-5-7-15/h1,3-13H,14H2,(H,22,24)(H,23,25). The number of aromatic nitrogens is 1. The number of hydrogen-bond donors (Lipinski definition) is 2. The van der Waals surface area contributed by atoms with Gasteiger partial charge in [0.05, 0.1) is 0 Å². The zero-order valence-electron chi connectivity index (χ0n) is 13.9. The van der Waals surface area contributed by atoms with E-state index in [1.54, 1.807) is 30.3 Å². The minimum absolute atomic E-state index is 0.0392. The average molecular weight is 344 g/mol. The number of terminal acetylenes is 1. The first-order valence-electron chi connectivity index (χ1n) is 7.94. The fraction of sp³-hybridized carbons (Fsp3) is 0.0476. The van der Waals surface area contributed by atoms with Gasteiger partial charge in [-0.15, -0.1) is 6.42 Å². The van der Waals surface area contributed by atoms with E-state index in [2.05, 4.69) is 16.2 Å². The second-order valence-corrected chi connectivity index (χ2v) is 5.45. The molecule has 0 fully saturated rings. The van der Waals surface area contributed by atoms with Crippen molar-refractivity contribution < 1.29 is 9.53 Å². The van der Waals surface area contributed by atoms with E-state index in [0.717, 1.165) is 5.56 Å². The zero-order valence-corrected chi connectivity index (χ0v) is 13.9. The highest BCUT2D eigenvalue weighted by Gasteiger charge is 2.12. The Bertz CT molecular complexity index is 1000. The molecular formula is C21H16N2O3. The lowest BCUT2D eigenvalue weighted by atomic mass is 10.1. The van der Waals surface area contributed by atoms with Crippen molar-refractivity contribution in [3.8, 4) is 29.4 Å². The Morgan fingerprint density at radius 2 is 1.77 bits per heavy atom. The van der Waals surface area contributed by atoms with E-state index < -0.39 is 11.5 Å². The van der Waals surface area contributed by atoms with Crippen LogP contribution in [0.25, 0.3) is 11.3 Å². The molecule has 5 nitrogen and oxygen atoms in total. The van der Waals surface area contributed by atoms with Gasteiger partial charge in [0.25, 0.3) is 11.5 Å². The van der Waals surface area contributed by atoms with Gasteiger partial charge in [0.1, 0.15) is 17.9 Å². The number of benzene rings is 2. The number of nitrogens with one attached hydrogen (secondary N) is 2. The first-order chi connectivity index (χ1) is 12.7. The van der Waals surface area contributed by atoms with E-state index in [4.69, 9.17) is 11.2 Å². The monoisotopic (exact) mass is 344 g/mol. The van der Waals surface area contributed by atoms with Crippen LogP contribution >= 0.6 is 0 Å². The number of amides is 1. The first-order valence-corrected chi connectivity index (χ1v) is 7.94. The highest BCUT2D eigenvalue weighted by Crippen LogP contribution is 2.17. The molecule has 0 saturated heterocycles. The molecule has 0 saturated carbocycles. The Morgan fingerprint density at radius 3 is 2.42 bits per heavy atom. The van der Waals surface area contributed by atoms with Crippen molar-refractivity contribution in [1.29, 1.82) is 0 Å². The molecule has 1 amide bonds. The number of aromatic amines is 1. The summed E-state index contributed by atoms with van der Waals surface area (Å²) in [5, 5.41) is 2.69. The fourth-order valence-corrected chi connectivity index (χ4v) is 2.40. The Labute approximate surface area is 150 Å². The van der Waals surface area contributed by atoms with Crippen LogP contribution in [0.5, 0.6) is 5.75 Å². The molecule has 3 aromatic rings. The summed E-state index contributed by atoms with van der Waals surface area (Å²) in [4.78, 5) is 27.3. The van der Waals surface area contributed by atoms with Crippen molar-refractivity contribution in [2.24, 2.45) is 0 Å². The molecule has 0 aliphatic rings. The summed E-state index contributed by atoms with van der Waals surface area (Å²) < 4.78 is 5.27. The van der Waals surface area contributed by atoms with Gasteiger partial charge in [-0.3, -0.25) is 9.59 Å². The maximum atomic E-state index is 12.4. The molecule has 3 rings (SSSR count). The van der Waals surface area contributed by atoms with Crippen LogP contribution in [0.2, 0.25) is 0 Å². The third kappa shape index (κ3) is 4.00. The second-order valence-electron chi connectivity index (χ2n) is 5.45. The summed E-state index contributed by atoms with van der Waals surface area (Å²) in [7, 11) is 0. The molecule has 26 heavy (non-hydrogen) atoms. The Hall–Kier alpha value is -3.78. The summed E-state index contributed by atoms with van der Waals surface area (Å²) in [6.45, 7) is 0.175. The van der Waals surface area contributed by atoms with Crippen molar-refractivity contribution in [1.82, 2.24) is 4.98 Å². The second kappa shape index (κ2) is 7.86. The number of ether oxygens (including phenoxy) is 1. The normalized spacial score (nSPS) is 9.96. The molecule has 5 heteroatoms. The van der Waals surface area contributed by atoms with Gasteiger partial charge in [-0.25, -0.2) is 0 Å². The molecule has 0 bridgehead atoms. The fourth-order valence-electron chi connectivity index (χ4n) is 2.40. The van der Waals surface area contributed by atoms with Crippen LogP contribution in [0, 0.1) is 12.3 Å². The SMILES string of the molecule is C#CCOc1ccc(NC(=O)c2ccc(-c3ccccc3)[nH]c2=O)cc1. The van der Waals surface area contributed by atoms with Gasteiger partial charge < -0.3 is 15.0 Å². The summed E-state index contributed by atoms with van der Waals surface area (Å²) in [6, 6.07) is 19.4. The lowest BCUT2D eigenvalue weighted by molar-refractivity contribution is 0.102. The largest absolute Gasteiger partial charge is 0.481 e. The molecule has 2 aromatic carbocycles. The third-order valence-corrected chi connectivity index (χ3v) is 3.67. The van der Waals surface area contributed by atoms with Gasteiger partial charge in [-0.05, 0) is 42.0 Å². The smallest absolute Gasteiger partial charge is 0.261 e. The van der Waals surface area contributed by atoms with Crippen molar-refractivity contribution in [3.63, 3.8) is 0 Å². The molecule has 0 aliphatic heterocycles. The van der Waals surface area contributed by atoms with Crippen LogP contribution in [0.3, 0.4) is 0 Å². The van der Waals surface area contributed by atoms with Crippen LogP contribution in [0.4, 0.5) is 5.69 Å². The van der Waals surface area contributed by atoms with E-state index >= 15 is 0 Å². The van der Waals surface area contributed by atoms with Crippen LogP contribution in [-0.2, 0) is 0 Å². The molecule has 0 aliphatic carbocycles. The predicted octanol–water partition coefficient (Wildman–Crippen LogP) is 3.31. The van der Waals surface area contributed by atoms with Crippen LogP contribution < -0.4 is 15.6 Å². The lowest BCUT2D eigenvalue weighted by Crippen LogP contribution is -2.23. The molecule has 0 atom stereocenters. The Morgan fingerprint density at radius 1 is 1.04 bits per heavy atom. The Balaban J connectivity index is 1.74. The topological polar surface area (TPSA) is 71.2 Å². The predicted molar refractivity (Wildman–Crippen MR) is 101 cm³/mol. The number of rotatable bonds is 5. The average Bonchev–Trinajstić information content (AvgIpc) is 2.68. The summed E-state index contributed by atoms with van der Waals surface area (Å²) >= 11 is 0. The van der Waals surface area contributed by atoms with Crippen LogP contribution in [0.1, 0.15) is 10.4 Å². The molecule has 0 spiro atoms. The van der Waals surface area contributed by atoms with Crippen molar-refractivity contribution >= 4 is 11.6 Å². The number of carbonyl (C=O) groups excluding carboxylic acids is 1. The molecular weight excluding hydrogens is 328 g/mol.